The van der Waals surface area contributed by atoms with Crippen LogP contribution < -0.4 is 10.4 Å². The van der Waals surface area contributed by atoms with Gasteiger partial charge in [0.15, 0.2) is 6.61 Å². The second-order valence-electron chi connectivity index (χ2n) is 6.78. The van der Waals surface area contributed by atoms with Crippen LogP contribution >= 0.6 is 0 Å². The fourth-order valence-electron chi connectivity index (χ4n) is 2.79. The van der Waals surface area contributed by atoms with E-state index in [1.165, 1.54) is 6.07 Å². The van der Waals surface area contributed by atoms with Crippen molar-refractivity contribution in [3.05, 3.63) is 64.5 Å². The molecule has 0 N–H and O–H groups in total. The van der Waals surface area contributed by atoms with Gasteiger partial charge in [0.1, 0.15) is 11.3 Å². The Bertz CT molecular complexity index is 1000. The van der Waals surface area contributed by atoms with Gasteiger partial charge in [-0.25, -0.2) is 9.59 Å². The van der Waals surface area contributed by atoms with Crippen molar-refractivity contribution in [2.75, 3.05) is 13.2 Å². The van der Waals surface area contributed by atoms with Crippen molar-refractivity contribution in [2.45, 2.75) is 20.8 Å². The predicted octanol–water partition coefficient (Wildman–Crippen LogP) is 4.35. The van der Waals surface area contributed by atoms with Gasteiger partial charge in [-0.1, -0.05) is 44.2 Å². The minimum atomic E-state index is -0.432. The van der Waals surface area contributed by atoms with E-state index >= 15 is 0 Å². The molecule has 3 rings (SSSR count). The number of hydrogen-bond acceptors (Lipinski definition) is 5. The van der Waals surface area contributed by atoms with Crippen LogP contribution in [0.3, 0.4) is 0 Å². The summed E-state index contributed by atoms with van der Waals surface area (Å²) < 4.78 is 16.1. The van der Waals surface area contributed by atoms with Gasteiger partial charge in [0, 0.05) is 17.0 Å². The lowest BCUT2D eigenvalue weighted by Gasteiger charge is -2.13. The Hall–Kier alpha value is -3.08. The van der Waals surface area contributed by atoms with Crippen LogP contribution in [0.5, 0.6) is 5.75 Å². The Balaban J connectivity index is 1.91. The number of ether oxygens (including phenoxy) is 2. The Labute approximate surface area is 157 Å². The molecule has 0 unspecified atom stereocenters. The molecule has 140 valence electrons. The van der Waals surface area contributed by atoms with Crippen molar-refractivity contribution in [3.63, 3.8) is 0 Å². The fourth-order valence-corrected chi connectivity index (χ4v) is 2.79. The molecule has 0 aliphatic rings. The average molecular weight is 366 g/mol. The van der Waals surface area contributed by atoms with Gasteiger partial charge >= 0.3 is 11.6 Å². The number of aryl methyl sites for hydroxylation is 1. The van der Waals surface area contributed by atoms with Crippen LogP contribution in [0.1, 0.15) is 19.4 Å². The van der Waals surface area contributed by atoms with Gasteiger partial charge in [0.2, 0.25) is 0 Å². The Morgan fingerprint density at radius 2 is 1.85 bits per heavy atom. The molecule has 0 bridgehead atoms. The molecule has 0 aliphatic heterocycles. The van der Waals surface area contributed by atoms with Gasteiger partial charge in [-0.05, 0) is 36.1 Å². The number of esters is 1. The van der Waals surface area contributed by atoms with E-state index in [1.54, 1.807) is 13.0 Å². The second-order valence-corrected chi connectivity index (χ2v) is 6.78. The van der Waals surface area contributed by atoms with Gasteiger partial charge in [0.05, 0.1) is 6.61 Å². The highest BCUT2D eigenvalue weighted by atomic mass is 16.6. The second kappa shape index (κ2) is 8.08. The van der Waals surface area contributed by atoms with Gasteiger partial charge < -0.3 is 13.9 Å². The third-order valence-electron chi connectivity index (χ3n) is 4.12. The standard InChI is InChI=1S/C22H22O5/c1-14(2)12-26-21(24)13-25-19-10-9-17-18(16-7-5-4-6-8-16)11-20(23)27-22(17)15(19)3/h4-11,14H,12-13H2,1-3H3. The lowest BCUT2D eigenvalue weighted by Crippen LogP contribution is -2.17. The number of rotatable bonds is 6. The number of fused-ring (bicyclic) bond motifs is 1. The highest BCUT2D eigenvalue weighted by molar-refractivity contribution is 5.95. The van der Waals surface area contributed by atoms with E-state index in [0.717, 1.165) is 16.5 Å². The van der Waals surface area contributed by atoms with E-state index in [1.807, 2.05) is 50.2 Å². The van der Waals surface area contributed by atoms with Crippen molar-refractivity contribution < 1.29 is 18.7 Å². The molecule has 0 saturated carbocycles. The first-order valence-electron chi connectivity index (χ1n) is 8.87. The molecular formula is C22H22O5. The SMILES string of the molecule is Cc1c(OCC(=O)OCC(C)C)ccc2c(-c3ccccc3)cc(=O)oc12. The Morgan fingerprint density at radius 1 is 1.11 bits per heavy atom. The minimum absolute atomic E-state index is 0.193. The predicted molar refractivity (Wildman–Crippen MR) is 104 cm³/mol. The van der Waals surface area contributed by atoms with Crippen molar-refractivity contribution in [2.24, 2.45) is 5.92 Å². The van der Waals surface area contributed by atoms with Crippen molar-refractivity contribution in [1.82, 2.24) is 0 Å². The molecule has 27 heavy (non-hydrogen) atoms. The maximum absolute atomic E-state index is 12.1. The average Bonchev–Trinajstić information content (AvgIpc) is 2.66. The third kappa shape index (κ3) is 4.37. The van der Waals surface area contributed by atoms with Crippen LogP contribution in [0.2, 0.25) is 0 Å². The summed E-state index contributed by atoms with van der Waals surface area (Å²) in [5.74, 6) is 0.321. The molecule has 5 heteroatoms. The number of benzene rings is 2. The molecule has 2 aromatic carbocycles. The first-order chi connectivity index (χ1) is 13.0. The zero-order valence-corrected chi connectivity index (χ0v) is 15.7. The first kappa shape index (κ1) is 18.7. The van der Waals surface area contributed by atoms with Crippen LogP contribution in [0, 0.1) is 12.8 Å². The van der Waals surface area contributed by atoms with Crippen molar-refractivity contribution in [3.8, 4) is 16.9 Å². The zero-order valence-electron chi connectivity index (χ0n) is 15.7. The quantitative estimate of drug-likeness (QED) is 0.479. The highest BCUT2D eigenvalue weighted by Gasteiger charge is 2.14. The van der Waals surface area contributed by atoms with Gasteiger partial charge in [-0.3, -0.25) is 0 Å². The van der Waals surface area contributed by atoms with Gasteiger partial charge in [0.25, 0.3) is 0 Å². The molecule has 0 aliphatic carbocycles. The molecule has 0 saturated heterocycles. The van der Waals surface area contributed by atoms with Crippen LogP contribution in [-0.2, 0) is 9.53 Å². The summed E-state index contributed by atoms with van der Waals surface area (Å²) in [4.78, 5) is 23.8. The van der Waals surface area contributed by atoms with E-state index < -0.39 is 11.6 Å². The van der Waals surface area contributed by atoms with E-state index in [9.17, 15) is 9.59 Å². The summed E-state index contributed by atoms with van der Waals surface area (Å²) in [6.45, 7) is 5.90. The molecule has 0 fully saturated rings. The zero-order chi connectivity index (χ0) is 19.4. The normalized spacial score (nSPS) is 11.0. The van der Waals surface area contributed by atoms with E-state index in [0.29, 0.717) is 23.5 Å². The van der Waals surface area contributed by atoms with Gasteiger partial charge in [-0.2, -0.15) is 0 Å². The Morgan fingerprint density at radius 3 is 2.56 bits per heavy atom. The molecule has 5 nitrogen and oxygen atoms in total. The molecule has 1 aromatic heterocycles. The number of carbonyl (C=O) groups excluding carboxylic acids is 1. The summed E-state index contributed by atoms with van der Waals surface area (Å²) >= 11 is 0. The lowest BCUT2D eigenvalue weighted by molar-refractivity contribution is -0.147. The first-order valence-corrected chi connectivity index (χ1v) is 8.87. The molecule has 0 amide bonds. The summed E-state index contributed by atoms with van der Waals surface area (Å²) in [5.41, 5.74) is 2.42. The van der Waals surface area contributed by atoms with E-state index in [-0.39, 0.29) is 12.5 Å². The minimum Gasteiger partial charge on any atom is -0.481 e. The van der Waals surface area contributed by atoms with Crippen LogP contribution in [0.15, 0.2) is 57.7 Å². The van der Waals surface area contributed by atoms with Crippen molar-refractivity contribution >= 4 is 16.9 Å². The summed E-state index contributed by atoms with van der Waals surface area (Å²) in [6, 6.07) is 14.7. The topological polar surface area (TPSA) is 65.7 Å². The highest BCUT2D eigenvalue weighted by Crippen LogP contribution is 2.32. The monoisotopic (exact) mass is 366 g/mol. The maximum Gasteiger partial charge on any atom is 0.344 e. The van der Waals surface area contributed by atoms with Gasteiger partial charge in [-0.15, -0.1) is 0 Å². The molecule has 0 radical (unpaired) electrons. The summed E-state index contributed by atoms with van der Waals surface area (Å²) in [5, 5.41) is 0.813. The summed E-state index contributed by atoms with van der Waals surface area (Å²) in [7, 11) is 0. The smallest absolute Gasteiger partial charge is 0.344 e. The third-order valence-corrected chi connectivity index (χ3v) is 4.12. The molecule has 1 heterocycles. The maximum atomic E-state index is 12.1. The molecular weight excluding hydrogens is 344 g/mol. The number of hydrogen-bond donors (Lipinski definition) is 0. The van der Waals surface area contributed by atoms with E-state index in [4.69, 9.17) is 13.9 Å². The molecule has 0 atom stereocenters. The number of carbonyl (C=O) groups is 1. The van der Waals surface area contributed by atoms with E-state index in [2.05, 4.69) is 0 Å². The summed E-state index contributed by atoms with van der Waals surface area (Å²) in [6.07, 6.45) is 0. The Kier molecular flexibility index (Phi) is 5.60. The fraction of sp³-hybridized carbons (Fsp3) is 0.273. The van der Waals surface area contributed by atoms with Crippen molar-refractivity contribution in [1.29, 1.82) is 0 Å². The molecule has 3 aromatic rings. The largest absolute Gasteiger partial charge is 0.481 e. The van der Waals surface area contributed by atoms with Crippen LogP contribution in [0.25, 0.3) is 22.1 Å². The van der Waals surface area contributed by atoms with Crippen LogP contribution in [0.4, 0.5) is 0 Å². The molecule has 0 spiro atoms. The lowest BCUT2D eigenvalue weighted by atomic mass is 10.0. The van der Waals surface area contributed by atoms with Crippen LogP contribution in [-0.4, -0.2) is 19.2 Å².